The molecule has 2 heteroatoms. The molecule has 0 saturated heterocycles. The molecular weight excluding hydrogens is 270 g/mol. The number of hydrogen-bond acceptors (Lipinski definition) is 1. The fourth-order valence-electron chi connectivity index (χ4n) is 2.92. The van der Waals surface area contributed by atoms with E-state index in [2.05, 4.69) is 81.5 Å². The van der Waals surface area contributed by atoms with E-state index in [-0.39, 0.29) is 0 Å². The van der Waals surface area contributed by atoms with E-state index in [1.165, 1.54) is 22.5 Å². The van der Waals surface area contributed by atoms with Crippen molar-refractivity contribution in [1.82, 2.24) is 0 Å². The SMILES string of the molecule is CC(C[Si](C)(C)c1ccc(N(C)C)cc1)c1[c]cccc1. The molecule has 0 aromatic heterocycles. The average Bonchev–Trinajstić information content (AvgIpc) is 2.48. The van der Waals surface area contributed by atoms with Crippen molar-refractivity contribution in [3.8, 4) is 0 Å². The lowest BCUT2D eigenvalue weighted by Crippen LogP contribution is -2.42. The van der Waals surface area contributed by atoms with Gasteiger partial charge in [0.05, 0.1) is 8.07 Å². The molecule has 0 fully saturated rings. The number of rotatable bonds is 5. The van der Waals surface area contributed by atoms with Crippen LogP contribution in [-0.4, -0.2) is 22.2 Å². The van der Waals surface area contributed by atoms with Gasteiger partial charge in [0.15, 0.2) is 0 Å². The quantitative estimate of drug-likeness (QED) is 0.745. The normalized spacial score (nSPS) is 13.0. The fourth-order valence-corrected chi connectivity index (χ4v) is 5.97. The lowest BCUT2D eigenvalue weighted by Gasteiger charge is -2.27. The molecule has 0 bridgehead atoms. The molecule has 0 heterocycles. The van der Waals surface area contributed by atoms with Gasteiger partial charge in [-0.25, -0.2) is 0 Å². The Morgan fingerprint density at radius 1 is 1.05 bits per heavy atom. The highest BCUT2D eigenvalue weighted by molar-refractivity contribution is 6.89. The summed E-state index contributed by atoms with van der Waals surface area (Å²) in [7, 11) is 2.75. The molecule has 21 heavy (non-hydrogen) atoms. The van der Waals surface area contributed by atoms with Crippen LogP contribution in [0.2, 0.25) is 19.1 Å². The first-order valence-corrected chi connectivity index (χ1v) is 10.9. The van der Waals surface area contributed by atoms with Crippen molar-refractivity contribution in [1.29, 1.82) is 0 Å². The van der Waals surface area contributed by atoms with Crippen molar-refractivity contribution >= 4 is 18.9 Å². The summed E-state index contributed by atoms with van der Waals surface area (Å²) in [4.78, 5) is 2.15. The molecule has 0 N–H and O–H groups in total. The van der Waals surface area contributed by atoms with Gasteiger partial charge in [-0.15, -0.1) is 0 Å². The molecular formula is C19H26NSi. The van der Waals surface area contributed by atoms with Gasteiger partial charge in [-0.05, 0) is 35.7 Å². The maximum Gasteiger partial charge on any atom is 0.0812 e. The third kappa shape index (κ3) is 3.98. The van der Waals surface area contributed by atoms with Gasteiger partial charge < -0.3 is 4.90 Å². The van der Waals surface area contributed by atoms with Gasteiger partial charge in [0.2, 0.25) is 0 Å². The fraction of sp³-hybridized carbons (Fsp3) is 0.368. The second-order valence-corrected chi connectivity index (χ2v) is 11.5. The minimum absolute atomic E-state index is 0.571. The molecule has 1 atom stereocenters. The summed E-state index contributed by atoms with van der Waals surface area (Å²) < 4.78 is 0. The molecule has 2 aromatic carbocycles. The van der Waals surface area contributed by atoms with Gasteiger partial charge in [0, 0.05) is 19.8 Å². The number of hydrogen-bond donors (Lipinski definition) is 0. The molecule has 0 aliphatic heterocycles. The van der Waals surface area contributed by atoms with Crippen molar-refractivity contribution in [2.75, 3.05) is 19.0 Å². The van der Waals surface area contributed by atoms with Gasteiger partial charge in [0.1, 0.15) is 0 Å². The summed E-state index contributed by atoms with van der Waals surface area (Å²) >= 11 is 0. The second-order valence-electron chi connectivity index (χ2n) is 6.75. The Bertz CT molecular complexity index is 558. The molecule has 111 valence electrons. The Morgan fingerprint density at radius 3 is 2.24 bits per heavy atom. The molecule has 0 saturated carbocycles. The average molecular weight is 297 g/mol. The molecule has 1 nitrogen and oxygen atoms in total. The molecule has 2 rings (SSSR count). The third-order valence-electron chi connectivity index (χ3n) is 4.25. The van der Waals surface area contributed by atoms with Crippen LogP contribution in [0.15, 0.2) is 48.5 Å². The predicted octanol–water partition coefficient (Wildman–Crippen LogP) is 4.27. The minimum atomic E-state index is -1.42. The summed E-state index contributed by atoms with van der Waals surface area (Å²) in [6, 6.07) is 22.1. The maximum atomic E-state index is 3.38. The van der Waals surface area contributed by atoms with Crippen molar-refractivity contribution in [3.05, 3.63) is 60.2 Å². The van der Waals surface area contributed by atoms with Gasteiger partial charge in [-0.3, -0.25) is 0 Å². The van der Waals surface area contributed by atoms with Crippen molar-refractivity contribution in [2.45, 2.75) is 32.0 Å². The maximum absolute atomic E-state index is 3.38. The largest absolute Gasteiger partial charge is 0.378 e. The lowest BCUT2D eigenvalue weighted by molar-refractivity contribution is 0.846. The van der Waals surface area contributed by atoms with E-state index in [1.54, 1.807) is 0 Å². The monoisotopic (exact) mass is 296 g/mol. The molecule has 0 spiro atoms. The zero-order valence-corrected chi connectivity index (χ0v) is 14.9. The van der Waals surface area contributed by atoms with Gasteiger partial charge in [-0.2, -0.15) is 0 Å². The topological polar surface area (TPSA) is 3.24 Å². The van der Waals surface area contributed by atoms with Crippen LogP contribution in [0.3, 0.4) is 0 Å². The van der Waals surface area contributed by atoms with Crippen LogP contribution in [0.4, 0.5) is 5.69 Å². The van der Waals surface area contributed by atoms with Crippen LogP contribution in [0.25, 0.3) is 0 Å². The number of benzene rings is 2. The molecule has 0 aliphatic carbocycles. The van der Waals surface area contributed by atoms with Crippen molar-refractivity contribution < 1.29 is 0 Å². The van der Waals surface area contributed by atoms with E-state index >= 15 is 0 Å². The first kappa shape index (κ1) is 15.8. The van der Waals surface area contributed by atoms with Crippen molar-refractivity contribution in [2.24, 2.45) is 0 Å². The Balaban J connectivity index is 2.14. The van der Waals surface area contributed by atoms with Crippen LogP contribution in [-0.2, 0) is 0 Å². The zero-order chi connectivity index (χ0) is 15.5. The number of anilines is 1. The van der Waals surface area contributed by atoms with Gasteiger partial charge in [0.25, 0.3) is 0 Å². The van der Waals surface area contributed by atoms with E-state index in [1.807, 2.05) is 12.1 Å². The third-order valence-corrected chi connectivity index (χ3v) is 7.77. The minimum Gasteiger partial charge on any atom is -0.378 e. The zero-order valence-electron chi connectivity index (χ0n) is 13.9. The second kappa shape index (κ2) is 6.48. The summed E-state index contributed by atoms with van der Waals surface area (Å²) in [6.45, 7) is 7.27. The first-order chi connectivity index (χ1) is 9.90. The van der Waals surface area contributed by atoms with E-state index in [0.717, 1.165) is 0 Å². The van der Waals surface area contributed by atoms with Crippen LogP contribution in [0, 0.1) is 6.07 Å². The highest BCUT2D eigenvalue weighted by atomic mass is 28.3. The van der Waals surface area contributed by atoms with Crippen molar-refractivity contribution in [3.63, 3.8) is 0 Å². The lowest BCUT2D eigenvalue weighted by atomic mass is 10.0. The molecule has 1 radical (unpaired) electrons. The Hall–Kier alpha value is -1.54. The summed E-state index contributed by atoms with van der Waals surface area (Å²) in [6.07, 6.45) is 0. The molecule has 1 unspecified atom stereocenters. The Morgan fingerprint density at radius 2 is 1.71 bits per heavy atom. The molecule has 0 aliphatic rings. The predicted molar refractivity (Wildman–Crippen MR) is 96.4 cm³/mol. The highest BCUT2D eigenvalue weighted by Gasteiger charge is 2.26. The van der Waals surface area contributed by atoms with Gasteiger partial charge in [-0.1, -0.05) is 61.6 Å². The molecule has 0 amide bonds. The molecule has 2 aromatic rings. The van der Waals surface area contributed by atoms with E-state index in [4.69, 9.17) is 0 Å². The summed E-state index contributed by atoms with van der Waals surface area (Å²) in [5.41, 5.74) is 2.61. The van der Waals surface area contributed by atoms with Crippen LogP contribution in [0.1, 0.15) is 18.4 Å². The van der Waals surface area contributed by atoms with E-state index in [0.29, 0.717) is 5.92 Å². The van der Waals surface area contributed by atoms with Crippen LogP contribution >= 0.6 is 0 Å². The Kier molecular flexibility index (Phi) is 4.89. The smallest absolute Gasteiger partial charge is 0.0812 e. The van der Waals surface area contributed by atoms with E-state index < -0.39 is 8.07 Å². The standard InChI is InChI=1S/C19H26NSi/c1-16(17-9-7-6-8-10-17)15-21(4,5)19-13-11-18(12-14-19)20(2)3/h6-9,11-14,16H,15H2,1-5H3. The summed E-state index contributed by atoms with van der Waals surface area (Å²) in [5.74, 6) is 0.571. The highest BCUT2D eigenvalue weighted by Crippen LogP contribution is 2.26. The van der Waals surface area contributed by atoms with E-state index in [9.17, 15) is 0 Å². The van der Waals surface area contributed by atoms with Crippen LogP contribution in [0.5, 0.6) is 0 Å². The summed E-state index contributed by atoms with van der Waals surface area (Å²) in [5, 5.41) is 1.54. The number of nitrogens with zero attached hydrogens (tertiary/aromatic N) is 1. The van der Waals surface area contributed by atoms with Crippen LogP contribution < -0.4 is 10.1 Å². The first-order valence-electron chi connectivity index (χ1n) is 7.64. The Labute approximate surface area is 130 Å². The van der Waals surface area contributed by atoms with Gasteiger partial charge >= 0.3 is 0 Å².